The first kappa shape index (κ1) is 15.2. The SMILES string of the molecule is CCCNCCc1ccc(CN(C)CCC)cc1. The summed E-state index contributed by atoms with van der Waals surface area (Å²) in [7, 11) is 2.19. The van der Waals surface area contributed by atoms with Crippen molar-refractivity contribution >= 4 is 0 Å². The normalized spacial score (nSPS) is 11.1. The van der Waals surface area contributed by atoms with Gasteiger partial charge in [0, 0.05) is 6.54 Å². The molecule has 0 fully saturated rings. The minimum atomic E-state index is 1.06. The van der Waals surface area contributed by atoms with Crippen molar-refractivity contribution in [2.45, 2.75) is 39.7 Å². The van der Waals surface area contributed by atoms with E-state index in [0.29, 0.717) is 0 Å². The second kappa shape index (κ2) is 9.12. The maximum Gasteiger partial charge on any atom is 0.0230 e. The number of hydrogen-bond donors (Lipinski definition) is 1. The van der Waals surface area contributed by atoms with Gasteiger partial charge in [0.2, 0.25) is 0 Å². The summed E-state index contributed by atoms with van der Waals surface area (Å²) in [4.78, 5) is 2.37. The summed E-state index contributed by atoms with van der Waals surface area (Å²) in [6.07, 6.45) is 3.56. The zero-order valence-electron chi connectivity index (χ0n) is 12.2. The third kappa shape index (κ3) is 6.18. The third-order valence-electron chi connectivity index (χ3n) is 3.10. The number of nitrogens with one attached hydrogen (secondary N) is 1. The molecule has 0 bridgehead atoms. The van der Waals surface area contributed by atoms with E-state index < -0.39 is 0 Å². The van der Waals surface area contributed by atoms with Crippen molar-refractivity contribution in [3.63, 3.8) is 0 Å². The van der Waals surface area contributed by atoms with Crippen LogP contribution in [0.25, 0.3) is 0 Å². The largest absolute Gasteiger partial charge is 0.316 e. The van der Waals surface area contributed by atoms with Crippen LogP contribution in [0.1, 0.15) is 37.8 Å². The second-order valence-electron chi connectivity index (χ2n) is 5.05. The summed E-state index contributed by atoms with van der Waals surface area (Å²) >= 11 is 0. The van der Waals surface area contributed by atoms with Gasteiger partial charge in [-0.25, -0.2) is 0 Å². The van der Waals surface area contributed by atoms with Gasteiger partial charge in [0.1, 0.15) is 0 Å². The zero-order valence-corrected chi connectivity index (χ0v) is 12.2. The van der Waals surface area contributed by atoms with Crippen molar-refractivity contribution < 1.29 is 0 Å². The average molecular weight is 248 g/mol. The van der Waals surface area contributed by atoms with Gasteiger partial charge in [-0.1, -0.05) is 38.1 Å². The molecule has 0 radical (unpaired) electrons. The summed E-state index contributed by atoms with van der Waals surface area (Å²) in [6, 6.07) is 9.06. The molecule has 1 N–H and O–H groups in total. The molecular weight excluding hydrogens is 220 g/mol. The van der Waals surface area contributed by atoms with Crippen molar-refractivity contribution in [3.8, 4) is 0 Å². The van der Waals surface area contributed by atoms with Gasteiger partial charge in [0.15, 0.2) is 0 Å². The molecule has 0 heterocycles. The van der Waals surface area contributed by atoms with Gasteiger partial charge in [0.25, 0.3) is 0 Å². The Kier molecular flexibility index (Phi) is 7.70. The maximum absolute atomic E-state index is 3.44. The summed E-state index contributed by atoms with van der Waals surface area (Å²) < 4.78 is 0. The predicted molar refractivity (Wildman–Crippen MR) is 79.9 cm³/mol. The molecule has 0 aliphatic heterocycles. The van der Waals surface area contributed by atoms with Gasteiger partial charge in [-0.05, 0) is 57.1 Å². The molecule has 0 aliphatic rings. The zero-order chi connectivity index (χ0) is 13.2. The van der Waals surface area contributed by atoms with E-state index in [4.69, 9.17) is 0 Å². The smallest absolute Gasteiger partial charge is 0.0230 e. The van der Waals surface area contributed by atoms with Crippen LogP contribution in [-0.2, 0) is 13.0 Å². The Labute approximate surface area is 112 Å². The first-order chi connectivity index (χ1) is 8.76. The van der Waals surface area contributed by atoms with Crippen LogP contribution in [0.5, 0.6) is 0 Å². The van der Waals surface area contributed by atoms with E-state index in [0.717, 1.165) is 26.1 Å². The van der Waals surface area contributed by atoms with E-state index in [1.807, 2.05) is 0 Å². The lowest BCUT2D eigenvalue weighted by Gasteiger charge is -2.15. The summed E-state index contributed by atoms with van der Waals surface area (Å²) in [5.41, 5.74) is 2.84. The van der Waals surface area contributed by atoms with E-state index in [2.05, 4.69) is 55.4 Å². The Bertz CT molecular complexity index is 305. The van der Waals surface area contributed by atoms with Crippen LogP contribution in [0.2, 0.25) is 0 Å². The number of nitrogens with zero attached hydrogens (tertiary/aromatic N) is 1. The third-order valence-corrected chi connectivity index (χ3v) is 3.10. The monoisotopic (exact) mass is 248 g/mol. The molecule has 0 unspecified atom stereocenters. The van der Waals surface area contributed by atoms with Crippen LogP contribution in [0, 0.1) is 0 Å². The summed E-state index contributed by atoms with van der Waals surface area (Å²) in [5, 5.41) is 3.44. The van der Waals surface area contributed by atoms with Gasteiger partial charge >= 0.3 is 0 Å². The minimum Gasteiger partial charge on any atom is -0.316 e. The second-order valence-corrected chi connectivity index (χ2v) is 5.05. The molecule has 0 aromatic heterocycles. The lowest BCUT2D eigenvalue weighted by atomic mass is 10.1. The molecule has 0 saturated carbocycles. The number of benzene rings is 1. The highest BCUT2D eigenvalue weighted by Gasteiger charge is 1.99. The van der Waals surface area contributed by atoms with Crippen molar-refractivity contribution in [3.05, 3.63) is 35.4 Å². The van der Waals surface area contributed by atoms with E-state index >= 15 is 0 Å². The van der Waals surface area contributed by atoms with Gasteiger partial charge < -0.3 is 10.2 Å². The molecular formula is C16H28N2. The molecule has 2 nitrogen and oxygen atoms in total. The Balaban J connectivity index is 2.33. The minimum absolute atomic E-state index is 1.06. The highest BCUT2D eigenvalue weighted by atomic mass is 15.1. The standard InChI is InChI=1S/C16H28N2/c1-4-11-17-12-10-15-6-8-16(9-7-15)14-18(3)13-5-2/h6-9,17H,4-5,10-14H2,1-3H3. The fourth-order valence-corrected chi connectivity index (χ4v) is 2.12. The Morgan fingerprint density at radius 2 is 1.61 bits per heavy atom. The highest BCUT2D eigenvalue weighted by Crippen LogP contribution is 2.07. The fourth-order valence-electron chi connectivity index (χ4n) is 2.12. The molecule has 0 atom stereocenters. The van der Waals surface area contributed by atoms with Crippen molar-refractivity contribution in [1.29, 1.82) is 0 Å². The Hall–Kier alpha value is -0.860. The van der Waals surface area contributed by atoms with Gasteiger partial charge in [-0.2, -0.15) is 0 Å². The lowest BCUT2D eigenvalue weighted by Crippen LogP contribution is -2.19. The summed E-state index contributed by atoms with van der Waals surface area (Å²) in [5.74, 6) is 0. The van der Waals surface area contributed by atoms with Crippen LogP contribution in [0.4, 0.5) is 0 Å². The first-order valence-electron chi connectivity index (χ1n) is 7.23. The summed E-state index contributed by atoms with van der Waals surface area (Å²) in [6.45, 7) is 8.87. The molecule has 2 heteroatoms. The maximum atomic E-state index is 3.44. The average Bonchev–Trinajstić information content (AvgIpc) is 2.37. The van der Waals surface area contributed by atoms with Crippen molar-refractivity contribution in [2.24, 2.45) is 0 Å². The van der Waals surface area contributed by atoms with Crippen LogP contribution in [-0.4, -0.2) is 31.6 Å². The van der Waals surface area contributed by atoms with Gasteiger partial charge in [0.05, 0.1) is 0 Å². The van der Waals surface area contributed by atoms with Gasteiger partial charge in [-0.15, -0.1) is 0 Å². The number of hydrogen-bond acceptors (Lipinski definition) is 2. The molecule has 102 valence electrons. The molecule has 1 rings (SSSR count). The molecule has 1 aromatic rings. The van der Waals surface area contributed by atoms with Gasteiger partial charge in [-0.3, -0.25) is 0 Å². The molecule has 0 spiro atoms. The van der Waals surface area contributed by atoms with Crippen LogP contribution < -0.4 is 5.32 Å². The van der Waals surface area contributed by atoms with E-state index in [9.17, 15) is 0 Å². The van der Waals surface area contributed by atoms with Crippen LogP contribution in [0.15, 0.2) is 24.3 Å². The molecule has 0 saturated heterocycles. The number of rotatable bonds is 9. The Morgan fingerprint density at radius 3 is 2.22 bits per heavy atom. The quantitative estimate of drug-likeness (QED) is 0.676. The van der Waals surface area contributed by atoms with Crippen LogP contribution >= 0.6 is 0 Å². The van der Waals surface area contributed by atoms with E-state index in [-0.39, 0.29) is 0 Å². The highest BCUT2D eigenvalue weighted by molar-refractivity contribution is 5.22. The first-order valence-corrected chi connectivity index (χ1v) is 7.23. The molecule has 0 amide bonds. The van der Waals surface area contributed by atoms with E-state index in [1.54, 1.807) is 0 Å². The molecule has 0 aliphatic carbocycles. The molecule has 1 aromatic carbocycles. The predicted octanol–water partition coefficient (Wildman–Crippen LogP) is 3.07. The van der Waals surface area contributed by atoms with Crippen molar-refractivity contribution in [2.75, 3.05) is 26.7 Å². The Morgan fingerprint density at radius 1 is 0.944 bits per heavy atom. The van der Waals surface area contributed by atoms with Crippen LogP contribution in [0.3, 0.4) is 0 Å². The fraction of sp³-hybridized carbons (Fsp3) is 0.625. The topological polar surface area (TPSA) is 15.3 Å². The van der Waals surface area contributed by atoms with Crippen molar-refractivity contribution in [1.82, 2.24) is 10.2 Å². The lowest BCUT2D eigenvalue weighted by molar-refractivity contribution is 0.327. The van der Waals surface area contributed by atoms with E-state index in [1.165, 1.54) is 30.5 Å². The molecule has 18 heavy (non-hydrogen) atoms.